The van der Waals surface area contributed by atoms with E-state index >= 15 is 0 Å². The fourth-order valence-electron chi connectivity index (χ4n) is 4.41. The van der Waals surface area contributed by atoms with Gasteiger partial charge in [-0.1, -0.05) is 18.2 Å². The van der Waals surface area contributed by atoms with Crippen molar-refractivity contribution in [2.24, 2.45) is 0 Å². The number of amides is 2. The average molecular weight is 481 g/mol. The maximum Gasteiger partial charge on any atom is 0.322 e. The number of nitrogens with zero attached hydrogens (tertiary/aromatic N) is 4. The van der Waals surface area contributed by atoms with Gasteiger partial charge in [-0.15, -0.1) is 0 Å². The summed E-state index contributed by atoms with van der Waals surface area (Å²) < 4.78 is 5.33. The molecule has 0 radical (unpaired) electrons. The van der Waals surface area contributed by atoms with Crippen LogP contribution in [0.25, 0.3) is 27.5 Å². The van der Waals surface area contributed by atoms with Crippen LogP contribution in [0.4, 0.5) is 22.0 Å². The minimum absolute atomic E-state index is 0.154. The van der Waals surface area contributed by atoms with Crippen molar-refractivity contribution in [3.05, 3.63) is 72.8 Å². The van der Waals surface area contributed by atoms with Crippen molar-refractivity contribution < 1.29 is 9.53 Å². The van der Waals surface area contributed by atoms with Crippen molar-refractivity contribution >= 4 is 50.7 Å². The minimum atomic E-state index is -0.154. The second kappa shape index (κ2) is 9.06. The molecule has 0 spiro atoms. The summed E-state index contributed by atoms with van der Waals surface area (Å²) in [4.78, 5) is 26.8. The largest absolute Gasteiger partial charge is 0.495 e. The van der Waals surface area contributed by atoms with Gasteiger partial charge in [0.15, 0.2) is 0 Å². The van der Waals surface area contributed by atoms with Gasteiger partial charge in [0.1, 0.15) is 23.5 Å². The Kier molecular flexibility index (Phi) is 5.45. The van der Waals surface area contributed by atoms with Crippen molar-refractivity contribution in [3.63, 3.8) is 0 Å². The van der Waals surface area contributed by atoms with Crippen LogP contribution in [0.15, 0.2) is 67.1 Å². The lowest BCUT2D eigenvalue weighted by molar-refractivity contribution is 0.217. The van der Waals surface area contributed by atoms with E-state index in [9.17, 15) is 4.79 Å². The Morgan fingerprint density at radius 2 is 2.06 bits per heavy atom. The van der Waals surface area contributed by atoms with Gasteiger partial charge in [0, 0.05) is 29.9 Å². The van der Waals surface area contributed by atoms with Crippen molar-refractivity contribution in [1.82, 2.24) is 30.0 Å². The third-order valence-corrected chi connectivity index (χ3v) is 6.32. The van der Waals surface area contributed by atoms with Crippen LogP contribution in [0.2, 0.25) is 0 Å². The molecular formula is C26H24N8O2. The lowest BCUT2D eigenvalue weighted by Crippen LogP contribution is -2.38. The smallest absolute Gasteiger partial charge is 0.322 e. The number of methoxy groups -OCH3 is 1. The molecule has 4 N–H and O–H groups in total. The highest BCUT2D eigenvalue weighted by Gasteiger charge is 2.20. The number of aromatic nitrogens is 5. The molecule has 10 nitrogen and oxygen atoms in total. The van der Waals surface area contributed by atoms with Crippen LogP contribution in [-0.2, 0) is 0 Å². The van der Waals surface area contributed by atoms with E-state index in [1.54, 1.807) is 24.5 Å². The maximum atomic E-state index is 12.8. The quantitative estimate of drug-likeness (QED) is 0.283. The van der Waals surface area contributed by atoms with Gasteiger partial charge >= 0.3 is 6.03 Å². The van der Waals surface area contributed by atoms with Crippen LogP contribution in [0.1, 0.15) is 12.1 Å². The van der Waals surface area contributed by atoms with Gasteiger partial charge in [0.2, 0.25) is 0 Å². The van der Waals surface area contributed by atoms with E-state index in [2.05, 4.69) is 47.9 Å². The fraction of sp³-hybridized carbons (Fsp3) is 0.154. The summed E-state index contributed by atoms with van der Waals surface area (Å²) in [5.41, 5.74) is 5.42. The number of anilines is 3. The van der Waals surface area contributed by atoms with Crippen LogP contribution in [0, 0.1) is 0 Å². The predicted molar refractivity (Wildman–Crippen MR) is 139 cm³/mol. The minimum Gasteiger partial charge on any atom is -0.495 e. The second-order valence-corrected chi connectivity index (χ2v) is 8.52. The van der Waals surface area contributed by atoms with E-state index in [1.807, 2.05) is 42.5 Å². The van der Waals surface area contributed by atoms with Crippen molar-refractivity contribution in [2.45, 2.75) is 6.42 Å². The van der Waals surface area contributed by atoms with Crippen LogP contribution in [0.3, 0.4) is 0 Å². The Bertz CT molecular complexity index is 1600. The summed E-state index contributed by atoms with van der Waals surface area (Å²) in [5.74, 6) is 1.35. The summed E-state index contributed by atoms with van der Waals surface area (Å²) in [6.07, 6.45) is 6.13. The molecule has 2 amide bonds. The van der Waals surface area contributed by atoms with Gasteiger partial charge in [-0.05, 0) is 48.4 Å². The van der Waals surface area contributed by atoms with E-state index in [0.717, 1.165) is 51.1 Å². The summed E-state index contributed by atoms with van der Waals surface area (Å²) in [6, 6.07) is 15.3. The molecule has 0 saturated heterocycles. The van der Waals surface area contributed by atoms with E-state index in [0.29, 0.717) is 24.5 Å². The van der Waals surface area contributed by atoms with E-state index in [4.69, 9.17) is 4.74 Å². The second-order valence-electron chi connectivity index (χ2n) is 8.52. The summed E-state index contributed by atoms with van der Waals surface area (Å²) in [5, 5.41) is 15.3. The summed E-state index contributed by atoms with van der Waals surface area (Å²) in [6.45, 7) is 1.11. The lowest BCUT2D eigenvalue weighted by Gasteiger charge is -2.26. The molecule has 0 saturated carbocycles. The van der Waals surface area contributed by atoms with Crippen LogP contribution in [-0.4, -0.2) is 56.3 Å². The number of nitrogens with one attached hydrogen (secondary N) is 4. The molecule has 0 aliphatic carbocycles. The Morgan fingerprint density at radius 1 is 1.14 bits per heavy atom. The van der Waals surface area contributed by atoms with Crippen molar-refractivity contribution in [2.75, 3.05) is 30.8 Å². The number of H-pyrrole nitrogens is 2. The van der Waals surface area contributed by atoms with Crippen LogP contribution in [0.5, 0.6) is 5.75 Å². The molecule has 180 valence electrons. The topological polar surface area (TPSA) is 124 Å². The highest BCUT2D eigenvalue weighted by Crippen LogP contribution is 2.30. The zero-order valence-electron chi connectivity index (χ0n) is 19.6. The van der Waals surface area contributed by atoms with Crippen molar-refractivity contribution in [3.8, 4) is 5.75 Å². The third-order valence-electron chi connectivity index (χ3n) is 6.32. The molecule has 2 aromatic carbocycles. The molecule has 0 atom stereocenters. The van der Waals surface area contributed by atoms with Gasteiger partial charge in [-0.3, -0.25) is 5.10 Å². The molecule has 1 aliphatic rings. The molecule has 6 rings (SSSR count). The number of carbonyl (C=O) groups excluding carboxylic acids is 1. The zero-order valence-corrected chi connectivity index (χ0v) is 19.6. The zero-order chi connectivity index (χ0) is 24.5. The highest BCUT2D eigenvalue weighted by molar-refractivity contribution is 5.94. The lowest BCUT2D eigenvalue weighted by atomic mass is 10.1. The first kappa shape index (κ1) is 21.7. The number of fused-ring (bicyclic) bond motifs is 2. The maximum absolute atomic E-state index is 12.8. The SMILES string of the molecule is COc1ccccc1NC(=O)N1CC=C(c2cc3c(Nc4ccc5[nH]ncc5c4)ncnc3[nH]2)CC1. The molecular weight excluding hydrogens is 456 g/mol. The molecule has 4 heterocycles. The third kappa shape index (κ3) is 4.09. The first-order valence-electron chi connectivity index (χ1n) is 11.6. The molecule has 36 heavy (non-hydrogen) atoms. The molecule has 10 heteroatoms. The first-order valence-corrected chi connectivity index (χ1v) is 11.6. The van der Waals surface area contributed by atoms with Gasteiger partial charge < -0.3 is 25.3 Å². The predicted octanol–water partition coefficient (Wildman–Crippen LogP) is 4.91. The summed E-state index contributed by atoms with van der Waals surface area (Å²) >= 11 is 0. The standard InChI is InChI=1S/C26H24N8O2/c1-36-23-5-3-2-4-21(23)32-26(35)34-10-8-16(9-11-34)22-13-19-24(27-15-28-25(19)31-22)30-18-6-7-20-17(12-18)14-29-33-20/h2-8,12-15H,9-11H2,1H3,(H,29,33)(H,32,35)(H2,27,28,30,31). The number of para-hydroxylation sites is 2. The highest BCUT2D eigenvalue weighted by atomic mass is 16.5. The number of carbonyl (C=O) groups is 1. The molecule has 3 aromatic heterocycles. The normalized spacial score (nSPS) is 13.6. The van der Waals surface area contributed by atoms with Gasteiger partial charge in [-0.2, -0.15) is 5.10 Å². The van der Waals surface area contributed by atoms with Crippen LogP contribution < -0.4 is 15.4 Å². The molecule has 0 bridgehead atoms. The number of aromatic amines is 2. The van der Waals surface area contributed by atoms with Crippen LogP contribution >= 0.6 is 0 Å². The Hall–Kier alpha value is -4.86. The summed E-state index contributed by atoms with van der Waals surface area (Å²) in [7, 11) is 1.59. The number of hydrogen-bond donors (Lipinski definition) is 4. The number of ether oxygens (including phenoxy) is 1. The molecule has 5 aromatic rings. The number of rotatable bonds is 5. The number of hydrogen-bond acceptors (Lipinski definition) is 6. The van der Waals surface area contributed by atoms with Gasteiger partial charge in [-0.25, -0.2) is 14.8 Å². The molecule has 0 fully saturated rings. The van der Waals surface area contributed by atoms with Gasteiger partial charge in [0.25, 0.3) is 0 Å². The van der Waals surface area contributed by atoms with Gasteiger partial charge in [0.05, 0.1) is 29.9 Å². The number of urea groups is 1. The van der Waals surface area contributed by atoms with E-state index in [1.165, 1.54) is 0 Å². The molecule has 1 aliphatic heterocycles. The number of benzene rings is 2. The van der Waals surface area contributed by atoms with E-state index in [-0.39, 0.29) is 6.03 Å². The van der Waals surface area contributed by atoms with E-state index < -0.39 is 0 Å². The monoisotopic (exact) mass is 480 g/mol. The molecule has 0 unspecified atom stereocenters. The fourth-order valence-corrected chi connectivity index (χ4v) is 4.41. The first-order chi connectivity index (χ1) is 17.7. The Labute approximate surface area is 206 Å². The Balaban J connectivity index is 1.19. The Morgan fingerprint density at radius 3 is 2.92 bits per heavy atom. The average Bonchev–Trinajstić information content (AvgIpc) is 3.56. The van der Waals surface area contributed by atoms with Crippen molar-refractivity contribution in [1.29, 1.82) is 0 Å².